The monoisotopic (exact) mass is 290 g/mol. The molecule has 21 heavy (non-hydrogen) atoms. The van der Waals surface area contributed by atoms with E-state index in [1.54, 1.807) is 0 Å². The van der Waals surface area contributed by atoms with Gasteiger partial charge >= 0.3 is 6.03 Å². The fourth-order valence-corrected chi connectivity index (χ4v) is 2.86. The zero-order valence-corrected chi connectivity index (χ0v) is 12.5. The molecule has 1 fully saturated rings. The van der Waals surface area contributed by atoms with Gasteiger partial charge < -0.3 is 10.6 Å². The number of urea groups is 1. The molecule has 4 N–H and O–H groups in total. The lowest BCUT2D eigenvalue weighted by Gasteiger charge is -2.24. The quantitative estimate of drug-likeness (QED) is 0.776. The third kappa shape index (κ3) is 4.56. The number of nitrogens with one attached hydrogen (secondary N) is 2. The van der Waals surface area contributed by atoms with Gasteiger partial charge in [0.2, 0.25) is 0 Å². The molecule has 2 rings (SSSR count). The second-order valence-corrected chi connectivity index (χ2v) is 5.55. The van der Waals surface area contributed by atoms with Gasteiger partial charge in [0.15, 0.2) is 6.04 Å². The lowest BCUT2D eigenvalue weighted by molar-refractivity contribution is -0.718. The van der Waals surface area contributed by atoms with Crippen molar-refractivity contribution >= 4 is 11.9 Å². The summed E-state index contributed by atoms with van der Waals surface area (Å²) in [4.78, 5) is 23.8. The molecule has 0 radical (unpaired) electrons. The van der Waals surface area contributed by atoms with Gasteiger partial charge in [-0.2, -0.15) is 0 Å². The van der Waals surface area contributed by atoms with Crippen molar-refractivity contribution in [1.29, 1.82) is 0 Å². The molecule has 5 nitrogen and oxygen atoms in total. The van der Waals surface area contributed by atoms with E-state index in [-0.39, 0.29) is 11.9 Å². The first-order valence-corrected chi connectivity index (χ1v) is 7.63. The van der Waals surface area contributed by atoms with Crippen molar-refractivity contribution in [2.45, 2.75) is 44.2 Å². The lowest BCUT2D eigenvalue weighted by atomic mass is 9.94. The van der Waals surface area contributed by atoms with Gasteiger partial charge in [-0.05, 0) is 25.7 Å². The Morgan fingerprint density at radius 1 is 1.14 bits per heavy atom. The Hall–Kier alpha value is -1.88. The van der Waals surface area contributed by atoms with Gasteiger partial charge in [0.25, 0.3) is 5.91 Å². The summed E-state index contributed by atoms with van der Waals surface area (Å²) < 4.78 is 0. The van der Waals surface area contributed by atoms with E-state index in [1.807, 2.05) is 30.3 Å². The number of imide groups is 1. The molecule has 0 unspecified atom stereocenters. The van der Waals surface area contributed by atoms with E-state index in [4.69, 9.17) is 0 Å². The van der Waals surface area contributed by atoms with Gasteiger partial charge in [0, 0.05) is 12.6 Å². The van der Waals surface area contributed by atoms with Crippen LogP contribution in [0.3, 0.4) is 0 Å². The molecule has 5 heteroatoms. The number of carbonyl (C=O) groups excluding carboxylic acids is 2. The minimum absolute atomic E-state index is 0.258. The van der Waals surface area contributed by atoms with Crippen LogP contribution in [-0.4, -0.2) is 25.0 Å². The molecule has 1 aliphatic rings. The van der Waals surface area contributed by atoms with Crippen LogP contribution in [0.1, 0.15) is 43.7 Å². The molecule has 3 amide bonds. The average molecular weight is 290 g/mol. The van der Waals surface area contributed by atoms with Gasteiger partial charge in [0.1, 0.15) is 0 Å². The Balaban J connectivity index is 2.09. The molecule has 1 atom stereocenters. The predicted octanol–water partition coefficient (Wildman–Crippen LogP) is 1.08. The summed E-state index contributed by atoms with van der Waals surface area (Å²) in [5.41, 5.74) is 0.935. The van der Waals surface area contributed by atoms with Gasteiger partial charge in [-0.25, -0.2) is 4.79 Å². The van der Waals surface area contributed by atoms with Crippen molar-refractivity contribution in [3.05, 3.63) is 35.9 Å². The Morgan fingerprint density at radius 2 is 1.81 bits per heavy atom. The molecule has 1 saturated carbocycles. The molecule has 1 aromatic carbocycles. The van der Waals surface area contributed by atoms with Crippen LogP contribution >= 0.6 is 0 Å². The first-order valence-electron chi connectivity index (χ1n) is 7.63. The first-order chi connectivity index (χ1) is 10.2. The normalized spacial score (nSPS) is 17.0. The Morgan fingerprint density at radius 3 is 2.43 bits per heavy atom. The minimum Gasteiger partial charge on any atom is -0.341 e. The molecule has 1 aliphatic carbocycles. The van der Waals surface area contributed by atoms with Crippen molar-refractivity contribution < 1.29 is 14.9 Å². The zero-order valence-electron chi connectivity index (χ0n) is 12.5. The van der Waals surface area contributed by atoms with Crippen molar-refractivity contribution in [3.63, 3.8) is 0 Å². The highest BCUT2D eigenvalue weighted by Crippen LogP contribution is 2.17. The first kappa shape index (κ1) is 15.5. The van der Waals surface area contributed by atoms with Crippen LogP contribution in [0.2, 0.25) is 0 Å². The number of hydrogen-bond acceptors (Lipinski definition) is 2. The number of nitrogens with two attached hydrogens (primary N) is 1. The fourth-order valence-electron chi connectivity index (χ4n) is 2.86. The molecular formula is C16H24N3O2+. The summed E-state index contributed by atoms with van der Waals surface area (Å²) in [6, 6.07) is 9.27. The van der Waals surface area contributed by atoms with Crippen molar-refractivity contribution in [3.8, 4) is 0 Å². The van der Waals surface area contributed by atoms with Crippen LogP contribution < -0.4 is 16.0 Å². The summed E-state index contributed by atoms with van der Waals surface area (Å²) in [7, 11) is 1.50. The number of hydrogen-bond donors (Lipinski definition) is 3. The molecule has 0 aliphatic heterocycles. The SMILES string of the molecule is CNC(=O)NC(=O)[C@H]([NH2+]C1CCCCC1)c1ccccc1. The average Bonchev–Trinajstić information content (AvgIpc) is 2.54. The van der Waals surface area contributed by atoms with Gasteiger partial charge in [0.05, 0.1) is 6.04 Å². The van der Waals surface area contributed by atoms with Crippen LogP contribution in [-0.2, 0) is 4.79 Å². The largest absolute Gasteiger partial charge is 0.341 e. The Bertz CT molecular complexity index is 470. The molecule has 0 heterocycles. The molecule has 1 aromatic rings. The second kappa shape index (κ2) is 7.78. The van der Waals surface area contributed by atoms with Gasteiger partial charge in [-0.1, -0.05) is 36.8 Å². The van der Waals surface area contributed by atoms with Crippen LogP contribution in [0.25, 0.3) is 0 Å². The minimum atomic E-state index is -0.460. The van der Waals surface area contributed by atoms with Crippen molar-refractivity contribution in [2.75, 3.05) is 7.05 Å². The van der Waals surface area contributed by atoms with E-state index in [9.17, 15) is 9.59 Å². The predicted molar refractivity (Wildman–Crippen MR) is 80.6 cm³/mol. The van der Waals surface area contributed by atoms with Crippen LogP contribution in [0.4, 0.5) is 4.79 Å². The Labute approximate surface area is 125 Å². The summed E-state index contributed by atoms with van der Waals surface area (Å²) in [5, 5.41) is 6.94. The van der Waals surface area contributed by atoms with Crippen LogP contribution in [0.5, 0.6) is 0 Å². The Kier molecular flexibility index (Phi) is 5.75. The molecule has 0 aromatic heterocycles. The molecular weight excluding hydrogens is 266 g/mol. The van der Waals surface area contributed by atoms with E-state index in [0.29, 0.717) is 6.04 Å². The van der Waals surface area contributed by atoms with Crippen LogP contribution in [0.15, 0.2) is 30.3 Å². The maximum absolute atomic E-state index is 12.4. The van der Waals surface area contributed by atoms with Gasteiger partial charge in [-0.15, -0.1) is 0 Å². The summed E-state index contributed by atoms with van der Waals surface area (Å²) in [5.74, 6) is -0.258. The number of amides is 3. The number of quaternary nitrogens is 1. The number of carbonyl (C=O) groups is 2. The number of benzene rings is 1. The molecule has 114 valence electrons. The second-order valence-electron chi connectivity index (χ2n) is 5.55. The van der Waals surface area contributed by atoms with E-state index in [0.717, 1.165) is 18.4 Å². The van der Waals surface area contributed by atoms with E-state index >= 15 is 0 Å². The molecule has 0 spiro atoms. The third-order valence-electron chi connectivity index (χ3n) is 4.02. The highest BCUT2D eigenvalue weighted by atomic mass is 16.2. The fraction of sp³-hybridized carbons (Fsp3) is 0.500. The maximum Gasteiger partial charge on any atom is 0.321 e. The van der Waals surface area contributed by atoms with E-state index in [1.165, 1.54) is 26.3 Å². The van der Waals surface area contributed by atoms with Gasteiger partial charge in [-0.3, -0.25) is 10.1 Å². The topological polar surface area (TPSA) is 74.8 Å². The zero-order chi connectivity index (χ0) is 15.1. The molecule has 0 bridgehead atoms. The smallest absolute Gasteiger partial charge is 0.321 e. The molecule has 0 saturated heterocycles. The van der Waals surface area contributed by atoms with Crippen molar-refractivity contribution in [2.24, 2.45) is 0 Å². The standard InChI is InChI=1S/C16H23N3O2/c1-17-16(21)19-15(20)14(12-8-4-2-5-9-12)18-13-10-6-3-7-11-13/h2,4-5,8-9,13-14,18H,3,6-7,10-11H2,1H3,(H2,17,19,20,21)/p+1/t14-/m1/s1. The van der Waals surface area contributed by atoms with E-state index < -0.39 is 6.03 Å². The highest BCUT2D eigenvalue weighted by molar-refractivity contribution is 5.96. The maximum atomic E-state index is 12.4. The van der Waals surface area contributed by atoms with Crippen molar-refractivity contribution in [1.82, 2.24) is 10.6 Å². The van der Waals surface area contributed by atoms with Crippen LogP contribution in [0, 0.1) is 0 Å². The summed E-state index contributed by atoms with van der Waals surface area (Å²) in [6.07, 6.45) is 6.00. The van der Waals surface area contributed by atoms with E-state index in [2.05, 4.69) is 16.0 Å². The third-order valence-corrected chi connectivity index (χ3v) is 4.02. The summed E-state index contributed by atoms with van der Waals surface area (Å²) in [6.45, 7) is 0. The lowest BCUT2D eigenvalue weighted by Crippen LogP contribution is -2.93. The summed E-state index contributed by atoms with van der Waals surface area (Å²) >= 11 is 0. The highest BCUT2D eigenvalue weighted by Gasteiger charge is 2.29. The number of rotatable bonds is 4.